The van der Waals surface area contributed by atoms with Crippen molar-refractivity contribution in [2.45, 2.75) is 19.1 Å². The fourth-order valence-electron chi connectivity index (χ4n) is 3.17. The second-order valence-electron chi connectivity index (χ2n) is 6.97. The summed E-state index contributed by atoms with van der Waals surface area (Å²) in [5.74, 6) is -0.867. The molecule has 1 aromatic carbocycles. The van der Waals surface area contributed by atoms with E-state index >= 15 is 0 Å². The summed E-state index contributed by atoms with van der Waals surface area (Å²) in [7, 11) is 0. The van der Waals surface area contributed by atoms with Gasteiger partial charge in [0.05, 0.1) is 25.0 Å². The Labute approximate surface area is 176 Å². The molecule has 0 saturated carbocycles. The number of nitrogens with one attached hydrogen (secondary N) is 1. The Kier molecular flexibility index (Phi) is 5.58. The normalized spacial score (nSPS) is 16.8. The molecule has 31 heavy (non-hydrogen) atoms. The van der Waals surface area contributed by atoms with Crippen molar-refractivity contribution < 1.29 is 23.8 Å². The zero-order valence-electron chi connectivity index (χ0n) is 16.5. The maximum atomic E-state index is 14.8. The highest BCUT2D eigenvalue weighted by atomic mass is 19.1. The molecule has 2 aromatic heterocycles. The van der Waals surface area contributed by atoms with Gasteiger partial charge >= 0.3 is 6.09 Å². The monoisotopic (exact) mass is 426 g/mol. The van der Waals surface area contributed by atoms with Gasteiger partial charge in [-0.1, -0.05) is 11.3 Å². The predicted octanol–water partition coefficient (Wildman–Crippen LogP) is 1.34. The van der Waals surface area contributed by atoms with Crippen LogP contribution >= 0.6 is 0 Å². The van der Waals surface area contributed by atoms with E-state index in [0.717, 1.165) is 0 Å². The van der Waals surface area contributed by atoms with Crippen LogP contribution < -0.4 is 10.2 Å². The van der Waals surface area contributed by atoms with E-state index in [1.54, 1.807) is 24.4 Å². The number of rotatable bonds is 6. The highest BCUT2D eigenvalue weighted by Crippen LogP contribution is 2.26. The minimum Gasteiger partial charge on any atom is -0.442 e. The number of hydrogen-bond donors (Lipinski definition) is 2. The summed E-state index contributed by atoms with van der Waals surface area (Å²) in [5, 5.41) is 20.8. The number of hydrogen-bond acceptors (Lipinski definition) is 7. The SMILES string of the molecule is CC(=O)NC[C@H]1CN(c2ccc(-n3cc(C(O)c4cccnc4)nn3)c(F)c2)C(=O)O1. The van der Waals surface area contributed by atoms with Gasteiger partial charge in [0, 0.05) is 24.9 Å². The van der Waals surface area contributed by atoms with Crippen LogP contribution in [0.15, 0.2) is 48.9 Å². The Balaban J connectivity index is 1.50. The molecular formula is C20H19FN6O4. The molecule has 2 amide bonds. The zero-order chi connectivity index (χ0) is 22.0. The molecule has 0 aliphatic carbocycles. The van der Waals surface area contributed by atoms with Crippen molar-refractivity contribution in [2.24, 2.45) is 0 Å². The van der Waals surface area contributed by atoms with Gasteiger partial charge < -0.3 is 15.2 Å². The van der Waals surface area contributed by atoms with Crippen molar-refractivity contribution in [1.29, 1.82) is 0 Å². The molecule has 1 fully saturated rings. The van der Waals surface area contributed by atoms with E-state index in [0.29, 0.717) is 11.3 Å². The number of carbonyl (C=O) groups excluding carboxylic acids is 2. The van der Waals surface area contributed by atoms with Crippen molar-refractivity contribution in [3.63, 3.8) is 0 Å². The number of halogens is 1. The molecule has 4 rings (SSSR count). The van der Waals surface area contributed by atoms with Crippen LogP contribution in [0, 0.1) is 5.82 Å². The Morgan fingerprint density at radius 1 is 1.42 bits per heavy atom. The van der Waals surface area contributed by atoms with Gasteiger partial charge in [0.1, 0.15) is 23.6 Å². The average molecular weight is 426 g/mol. The molecule has 10 nitrogen and oxygen atoms in total. The number of nitrogens with zero attached hydrogens (tertiary/aromatic N) is 5. The number of benzene rings is 1. The number of anilines is 1. The van der Waals surface area contributed by atoms with E-state index in [-0.39, 0.29) is 30.4 Å². The lowest BCUT2D eigenvalue weighted by Gasteiger charge is -2.14. The van der Waals surface area contributed by atoms with Crippen LogP contribution in [-0.2, 0) is 9.53 Å². The Morgan fingerprint density at radius 3 is 2.97 bits per heavy atom. The van der Waals surface area contributed by atoms with Crippen molar-refractivity contribution in [2.75, 3.05) is 18.0 Å². The first-order valence-corrected chi connectivity index (χ1v) is 9.45. The second-order valence-corrected chi connectivity index (χ2v) is 6.97. The number of aliphatic hydroxyl groups is 1. The maximum Gasteiger partial charge on any atom is 0.414 e. The maximum absolute atomic E-state index is 14.8. The summed E-state index contributed by atoms with van der Waals surface area (Å²) in [6, 6.07) is 7.58. The summed E-state index contributed by atoms with van der Waals surface area (Å²) < 4.78 is 21.2. The fourth-order valence-corrected chi connectivity index (χ4v) is 3.17. The lowest BCUT2D eigenvalue weighted by atomic mass is 10.1. The number of ether oxygens (including phenoxy) is 1. The van der Waals surface area contributed by atoms with Gasteiger partial charge in [-0.2, -0.15) is 0 Å². The van der Waals surface area contributed by atoms with Gasteiger partial charge in [0.25, 0.3) is 0 Å². The lowest BCUT2D eigenvalue weighted by Crippen LogP contribution is -2.33. The molecule has 0 bridgehead atoms. The van der Waals surface area contributed by atoms with E-state index in [1.165, 1.54) is 41.0 Å². The van der Waals surface area contributed by atoms with Crippen LogP contribution in [0.5, 0.6) is 0 Å². The first-order valence-electron chi connectivity index (χ1n) is 9.45. The summed E-state index contributed by atoms with van der Waals surface area (Å²) in [4.78, 5) is 28.4. The Morgan fingerprint density at radius 2 is 2.26 bits per heavy atom. The zero-order valence-corrected chi connectivity index (χ0v) is 16.5. The fraction of sp³-hybridized carbons (Fsp3) is 0.250. The van der Waals surface area contributed by atoms with Crippen molar-refractivity contribution in [3.8, 4) is 5.69 Å². The molecule has 11 heteroatoms. The third kappa shape index (κ3) is 4.36. The number of pyridine rings is 1. The quantitative estimate of drug-likeness (QED) is 0.610. The average Bonchev–Trinajstić information content (AvgIpc) is 3.39. The summed E-state index contributed by atoms with van der Waals surface area (Å²) in [6.45, 7) is 1.73. The summed E-state index contributed by atoms with van der Waals surface area (Å²) >= 11 is 0. The highest BCUT2D eigenvalue weighted by Gasteiger charge is 2.32. The van der Waals surface area contributed by atoms with Crippen LogP contribution in [-0.4, -0.2) is 56.3 Å². The number of carbonyl (C=O) groups is 2. The van der Waals surface area contributed by atoms with Gasteiger partial charge in [-0.15, -0.1) is 5.10 Å². The number of aromatic nitrogens is 4. The molecule has 2 N–H and O–H groups in total. The molecule has 3 aromatic rings. The van der Waals surface area contributed by atoms with E-state index in [2.05, 4.69) is 20.6 Å². The van der Waals surface area contributed by atoms with Crippen LogP contribution in [0.2, 0.25) is 0 Å². The largest absolute Gasteiger partial charge is 0.442 e. The third-order valence-corrected chi connectivity index (χ3v) is 4.73. The third-order valence-electron chi connectivity index (χ3n) is 4.73. The molecule has 0 spiro atoms. The molecular weight excluding hydrogens is 407 g/mol. The first-order chi connectivity index (χ1) is 14.9. The van der Waals surface area contributed by atoms with E-state index in [4.69, 9.17) is 4.74 Å². The van der Waals surface area contributed by atoms with Gasteiger partial charge in [-0.3, -0.25) is 14.7 Å². The molecule has 1 unspecified atom stereocenters. The molecule has 3 heterocycles. The molecule has 1 aliphatic heterocycles. The van der Waals surface area contributed by atoms with Gasteiger partial charge in [-0.05, 0) is 24.3 Å². The minimum atomic E-state index is -1.05. The first kappa shape index (κ1) is 20.4. The molecule has 1 saturated heterocycles. The van der Waals surface area contributed by atoms with Gasteiger partial charge in [0.15, 0.2) is 5.82 Å². The molecule has 2 atom stereocenters. The minimum absolute atomic E-state index is 0.100. The van der Waals surface area contributed by atoms with E-state index in [1.807, 2.05) is 0 Å². The molecule has 1 aliphatic rings. The number of amides is 2. The van der Waals surface area contributed by atoms with E-state index < -0.39 is 24.1 Å². The topological polar surface area (TPSA) is 122 Å². The second kappa shape index (κ2) is 8.48. The van der Waals surface area contributed by atoms with Crippen molar-refractivity contribution in [3.05, 3.63) is 66.0 Å². The Hall–Kier alpha value is -3.86. The lowest BCUT2D eigenvalue weighted by molar-refractivity contribution is -0.119. The van der Waals surface area contributed by atoms with Gasteiger partial charge in [0.2, 0.25) is 5.91 Å². The molecule has 160 valence electrons. The predicted molar refractivity (Wildman–Crippen MR) is 106 cm³/mol. The van der Waals surface area contributed by atoms with Crippen LogP contribution in [0.3, 0.4) is 0 Å². The smallest absolute Gasteiger partial charge is 0.414 e. The van der Waals surface area contributed by atoms with Crippen LogP contribution in [0.1, 0.15) is 24.3 Å². The summed E-state index contributed by atoms with van der Waals surface area (Å²) in [5.41, 5.74) is 1.18. The number of aliphatic hydroxyl groups excluding tert-OH is 1. The van der Waals surface area contributed by atoms with Crippen LogP contribution in [0.25, 0.3) is 5.69 Å². The van der Waals surface area contributed by atoms with Crippen molar-refractivity contribution in [1.82, 2.24) is 25.3 Å². The Bertz CT molecular complexity index is 1110. The number of cyclic esters (lactones) is 1. The highest BCUT2D eigenvalue weighted by molar-refractivity contribution is 5.90. The van der Waals surface area contributed by atoms with Crippen LogP contribution in [0.4, 0.5) is 14.9 Å². The molecule has 0 radical (unpaired) electrons. The standard InChI is InChI=1S/C20H19FN6O4/c1-12(28)23-9-15-10-26(20(30)31-15)14-4-5-18(16(21)7-14)27-11-17(24-25-27)19(29)13-3-2-6-22-8-13/h2-8,11,15,19,29H,9-10H2,1H3,(H,23,28)/t15-,19?/m0/s1. The van der Waals surface area contributed by atoms with Crippen molar-refractivity contribution >= 4 is 17.7 Å². The van der Waals surface area contributed by atoms with Gasteiger partial charge in [-0.25, -0.2) is 13.9 Å². The van der Waals surface area contributed by atoms with E-state index in [9.17, 15) is 19.1 Å². The summed E-state index contributed by atoms with van der Waals surface area (Å²) in [6.07, 6.45) is 2.32.